The van der Waals surface area contributed by atoms with Crippen molar-refractivity contribution in [1.82, 2.24) is 9.80 Å². The fourth-order valence-electron chi connectivity index (χ4n) is 2.87. The molecule has 0 unspecified atom stereocenters. The van der Waals surface area contributed by atoms with E-state index in [2.05, 4.69) is 18.7 Å². The van der Waals surface area contributed by atoms with Gasteiger partial charge in [-0.2, -0.15) is 0 Å². The van der Waals surface area contributed by atoms with Crippen molar-refractivity contribution in [3.05, 3.63) is 35.6 Å². The van der Waals surface area contributed by atoms with Crippen LogP contribution in [0.25, 0.3) is 0 Å². The Morgan fingerprint density at radius 2 is 1.65 bits per heavy atom. The number of hydrogen-bond acceptors (Lipinski definition) is 2. The van der Waals surface area contributed by atoms with Crippen LogP contribution in [0.3, 0.4) is 0 Å². The summed E-state index contributed by atoms with van der Waals surface area (Å²) < 4.78 is 12.9. The number of hydrogen-bond donors (Lipinski definition) is 0. The standard InChI is InChI=1S/C16H23FN2O/c1-3-15(4-2)18-9-11-19(12-10-18)16(20)13-5-7-14(17)8-6-13/h5-8,15H,3-4,9-12H2,1-2H3. The quantitative estimate of drug-likeness (QED) is 0.845. The Balaban J connectivity index is 1.93. The first-order chi connectivity index (χ1) is 9.65. The maximum atomic E-state index is 12.9. The summed E-state index contributed by atoms with van der Waals surface area (Å²) in [6, 6.07) is 6.43. The van der Waals surface area contributed by atoms with Crippen LogP contribution in [0, 0.1) is 5.82 Å². The predicted molar refractivity (Wildman–Crippen MR) is 78.2 cm³/mol. The van der Waals surface area contributed by atoms with E-state index in [4.69, 9.17) is 0 Å². The molecule has 0 bridgehead atoms. The minimum absolute atomic E-state index is 0.00852. The highest BCUT2D eigenvalue weighted by atomic mass is 19.1. The van der Waals surface area contributed by atoms with E-state index >= 15 is 0 Å². The normalized spacial score (nSPS) is 16.7. The highest BCUT2D eigenvalue weighted by Crippen LogP contribution is 2.14. The molecule has 1 amide bonds. The second-order valence-electron chi connectivity index (χ2n) is 5.31. The highest BCUT2D eigenvalue weighted by molar-refractivity contribution is 5.94. The minimum Gasteiger partial charge on any atom is -0.336 e. The lowest BCUT2D eigenvalue weighted by Crippen LogP contribution is -2.51. The first-order valence-corrected chi connectivity index (χ1v) is 7.44. The molecule has 4 heteroatoms. The van der Waals surface area contributed by atoms with Crippen LogP contribution < -0.4 is 0 Å². The molecule has 1 aromatic rings. The molecule has 1 fully saturated rings. The number of halogens is 1. The smallest absolute Gasteiger partial charge is 0.253 e. The van der Waals surface area contributed by atoms with Gasteiger partial charge in [-0.1, -0.05) is 13.8 Å². The van der Waals surface area contributed by atoms with Crippen LogP contribution in [0.2, 0.25) is 0 Å². The van der Waals surface area contributed by atoms with Crippen molar-refractivity contribution < 1.29 is 9.18 Å². The summed E-state index contributed by atoms with van der Waals surface area (Å²) in [6.07, 6.45) is 2.31. The molecule has 0 N–H and O–H groups in total. The minimum atomic E-state index is -0.305. The Labute approximate surface area is 120 Å². The number of carbonyl (C=O) groups excluding carboxylic acids is 1. The summed E-state index contributed by atoms with van der Waals surface area (Å²) in [5.41, 5.74) is 0.572. The van der Waals surface area contributed by atoms with Gasteiger partial charge in [-0.15, -0.1) is 0 Å². The van der Waals surface area contributed by atoms with Crippen molar-refractivity contribution in [3.63, 3.8) is 0 Å². The van der Waals surface area contributed by atoms with E-state index in [1.54, 1.807) is 12.1 Å². The van der Waals surface area contributed by atoms with Crippen LogP contribution in [0.5, 0.6) is 0 Å². The summed E-state index contributed by atoms with van der Waals surface area (Å²) in [5.74, 6) is -0.297. The van der Waals surface area contributed by atoms with Crippen molar-refractivity contribution in [2.24, 2.45) is 0 Å². The van der Waals surface area contributed by atoms with E-state index in [1.165, 1.54) is 12.1 Å². The Hall–Kier alpha value is -1.42. The third kappa shape index (κ3) is 3.37. The lowest BCUT2D eigenvalue weighted by Gasteiger charge is -2.38. The molecule has 1 heterocycles. The van der Waals surface area contributed by atoms with E-state index in [0.717, 1.165) is 39.0 Å². The number of rotatable bonds is 4. The van der Waals surface area contributed by atoms with Crippen LogP contribution in [0.4, 0.5) is 4.39 Å². The molecule has 0 atom stereocenters. The van der Waals surface area contributed by atoms with E-state index < -0.39 is 0 Å². The van der Waals surface area contributed by atoms with Gasteiger partial charge in [0.25, 0.3) is 5.91 Å². The first kappa shape index (κ1) is 15.0. The third-order valence-electron chi connectivity index (χ3n) is 4.15. The largest absolute Gasteiger partial charge is 0.336 e. The molecular formula is C16H23FN2O. The Bertz CT molecular complexity index is 434. The maximum absolute atomic E-state index is 12.9. The summed E-state index contributed by atoms with van der Waals surface area (Å²) in [6.45, 7) is 7.80. The maximum Gasteiger partial charge on any atom is 0.253 e. The SMILES string of the molecule is CCC(CC)N1CCN(C(=O)c2ccc(F)cc2)CC1. The van der Waals surface area contributed by atoms with Gasteiger partial charge >= 0.3 is 0 Å². The van der Waals surface area contributed by atoms with Crippen LogP contribution in [0.15, 0.2) is 24.3 Å². The molecule has 1 saturated heterocycles. The Morgan fingerprint density at radius 3 is 2.15 bits per heavy atom. The molecule has 1 aromatic carbocycles. The van der Waals surface area contributed by atoms with Gasteiger partial charge in [-0.05, 0) is 37.1 Å². The molecule has 2 rings (SSSR count). The monoisotopic (exact) mass is 278 g/mol. The molecule has 3 nitrogen and oxygen atoms in total. The van der Waals surface area contributed by atoms with Crippen LogP contribution in [-0.2, 0) is 0 Å². The van der Waals surface area contributed by atoms with Gasteiger partial charge in [0, 0.05) is 37.8 Å². The fourth-order valence-corrected chi connectivity index (χ4v) is 2.87. The summed E-state index contributed by atoms with van der Waals surface area (Å²) in [4.78, 5) is 16.6. The van der Waals surface area contributed by atoms with Gasteiger partial charge in [0.15, 0.2) is 0 Å². The van der Waals surface area contributed by atoms with Crippen molar-refractivity contribution in [2.45, 2.75) is 32.7 Å². The van der Waals surface area contributed by atoms with E-state index in [-0.39, 0.29) is 11.7 Å². The molecular weight excluding hydrogens is 255 g/mol. The molecule has 0 aromatic heterocycles. The lowest BCUT2D eigenvalue weighted by atomic mass is 10.1. The fraction of sp³-hybridized carbons (Fsp3) is 0.562. The van der Waals surface area contributed by atoms with Gasteiger partial charge < -0.3 is 4.90 Å². The number of nitrogens with zero attached hydrogens (tertiary/aromatic N) is 2. The molecule has 0 spiro atoms. The molecule has 20 heavy (non-hydrogen) atoms. The number of carbonyl (C=O) groups is 1. The Morgan fingerprint density at radius 1 is 1.10 bits per heavy atom. The summed E-state index contributed by atoms with van der Waals surface area (Å²) in [5, 5.41) is 0. The average Bonchev–Trinajstić information content (AvgIpc) is 2.49. The van der Waals surface area contributed by atoms with Crippen molar-refractivity contribution >= 4 is 5.91 Å². The molecule has 0 saturated carbocycles. The van der Waals surface area contributed by atoms with Gasteiger partial charge in [-0.3, -0.25) is 9.69 Å². The van der Waals surface area contributed by atoms with Crippen molar-refractivity contribution in [2.75, 3.05) is 26.2 Å². The second-order valence-corrected chi connectivity index (χ2v) is 5.31. The number of amides is 1. The molecule has 0 aliphatic carbocycles. The molecule has 1 aliphatic heterocycles. The Kier molecular flexibility index (Phi) is 5.12. The second kappa shape index (κ2) is 6.84. The van der Waals surface area contributed by atoms with Crippen LogP contribution in [0.1, 0.15) is 37.0 Å². The zero-order valence-electron chi connectivity index (χ0n) is 12.3. The predicted octanol–water partition coefficient (Wildman–Crippen LogP) is 2.77. The van der Waals surface area contributed by atoms with Gasteiger partial charge in [-0.25, -0.2) is 4.39 Å². The molecule has 110 valence electrons. The van der Waals surface area contributed by atoms with E-state index in [9.17, 15) is 9.18 Å². The topological polar surface area (TPSA) is 23.6 Å². The number of piperazine rings is 1. The molecule has 0 radical (unpaired) electrons. The average molecular weight is 278 g/mol. The number of benzene rings is 1. The first-order valence-electron chi connectivity index (χ1n) is 7.44. The van der Waals surface area contributed by atoms with Gasteiger partial charge in [0.1, 0.15) is 5.82 Å². The van der Waals surface area contributed by atoms with Crippen molar-refractivity contribution in [3.8, 4) is 0 Å². The van der Waals surface area contributed by atoms with Gasteiger partial charge in [0.05, 0.1) is 0 Å². The van der Waals surface area contributed by atoms with Crippen molar-refractivity contribution in [1.29, 1.82) is 0 Å². The zero-order chi connectivity index (χ0) is 14.5. The van der Waals surface area contributed by atoms with Crippen LogP contribution >= 0.6 is 0 Å². The van der Waals surface area contributed by atoms with Gasteiger partial charge in [0.2, 0.25) is 0 Å². The zero-order valence-corrected chi connectivity index (χ0v) is 12.3. The van der Waals surface area contributed by atoms with Crippen LogP contribution in [-0.4, -0.2) is 47.9 Å². The third-order valence-corrected chi connectivity index (χ3v) is 4.15. The van der Waals surface area contributed by atoms with E-state index in [1.807, 2.05) is 4.90 Å². The lowest BCUT2D eigenvalue weighted by molar-refractivity contribution is 0.0559. The molecule has 1 aliphatic rings. The summed E-state index contributed by atoms with van der Waals surface area (Å²) >= 11 is 0. The highest BCUT2D eigenvalue weighted by Gasteiger charge is 2.24. The van der Waals surface area contributed by atoms with E-state index in [0.29, 0.717) is 11.6 Å². The summed E-state index contributed by atoms with van der Waals surface area (Å²) in [7, 11) is 0.